The Hall–Kier alpha value is -1.58. The largest absolute Gasteiger partial charge is 0.495 e. The predicted octanol–water partition coefficient (Wildman–Crippen LogP) is 1.26. The van der Waals surface area contributed by atoms with Crippen LogP contribution in [0, 0.1) is 0 Å². The number of nitrogens with zero attached hydrogens (tertiary/aromatic N) is 2. The molecular weight excluding hydrogens is 192 g/mol. The molecule has 2 rings (SSSR count). The van der Waals surface area contributed by atoms with E-state index in [2.05, 4.69) is 9.88 Å². The molecule has 1 aromatic rings. The Bertz CT molecular complexity index is 338. The zero-order valence-electron chi connectivity index (χ0n) is 8.77. The number of anilines is 1. The van der Waals surface area contributed by atoms with E-state index in [0.29, 0.717) is 18.6 Å². The monoisotopic (exact) mass is 206 g/mol. The van der Waals surface area contributed by atoms with Crippen molar-refractivity contribution in [2.45, 2.75) is 12.8 Å². The average Bonchev–Trinajstić information content (AvgIpc) is 2.30. The van der Waals surface area contributed by atoms with Crippen molar-refractivity contribution in [3.05, 3.63) is 18.3 Å². The maximum atomic E-state index is 11.1. The second kappa shape index (κ2) is 4.29. The first-order valence-corrected chi connectivity index (χ1v) is 5.06. The number of Topliss-reactive ketones (excluding diaryl/α,β-unsaturated/α-hetero) is 1. The Morgan fingerprint density at radius 1 is 1.33 bits per heavy atom. The molecule has 4 nitrogen and oxygen atoms in total. The van der Waals surface area contributed by atoms with Crippen molar-refractivity contribution in [2.75, 3.05) is 25.1 Å². The van der Waals surface area contributed by atoms with Gasteiger partial charge in [-0.2, -0.15) is 0 Å². The first-order valence-electron chi connectivity index (χ1n) is 5.06. The van der Waals surface area contributed by atoms with Crippen LogP contribution in [0.4, 0.5) is 5.82 Å². The van der Waals surface area contributed by atoms with Gasteiger partial charge in [0.05, 0.1) is 13.3 Å². The molecule has 80 valence electrons. The number of pyridine rings is 1. The van der Waals surface area contributed by atoms with Gasteiger partial charge in [0.2, 0.25) is 0 Å². The van der Waals surface area contributed by atoms with Crippen LogP contribution in [0.3, 0.4) is 0 Å². The molecule has 0 atom stereocenters. The van der Waals surface area contributed by atoms with E-state index >= 15 is 0 Å². The van der Waals surface area contributed by atoms with Crippen molar-refractivity contribution >= 4 is 11.6 Å². The van der Waals surface area contributed by atoms with E-state index < -0.39 is 0 Å². The number of hydrogen-bond donors (Lipinski definition) is 0. The molecule has 0 saturated carbocycles. The lowest BCUT2D eigenvalue weighted by Gasteiger charge is -2.26. The molecule has 0 aliphatic carbocycles. The Morgan fingerprint density at radius 3 is 2.60 bits per heavy atom. The number of ketones is 1. The summed E-state index contributed by atoms with van der Waals surface area (Å²) in [5.74, 6) is 2.02. The van der Waals surface area contributed by atoms with Crippen LogP contribution in [0.15, 0.2) is 18.3 Å². The van der Waals surface area contributed by atoms with E-state index in [-0.39, 0.29) is 0 Å². The highest BCUT2D eigenvalue weighted by Crippen LogP contribution is 2.18. The summed E-state index contributed by atoms with van der Waals surface area (Å²) in [5, 5.41) is 0. The highest BCUT2D eigenvalue weighted by atomic mass is 16.5. The van der Waals surface area contributed by atoms with Gasteiger partial charge in [-0.15, -0.1) is 0 Å². The molecule has 1 aliphatic rings. The van der Waals surface area contributed by atoms with Crippen LogP contribution < -0.4 is 9.64 Å². The third kappa shape index (κ3) is 2.26. The summed E-state index contributed by atoms with van der Waals surface area (Å²) >= 11 is 0. The normalized spacial score (nSPS) is 16.6. The molecule has 15 heavy (non-hydrogen) atoms. The first kappa shape index (κ1) is 9.96. The van der Waals surface area contributed by atoms with Crippen LogP contribution in [-0.4, -0.2) is 31.0 Å². The Balaban J connectivity index is 2.06. The van der Waals surface area contributed by atoms with Gasteiger partial charge in [0.1, 0.15) is 17.4 Å². The lowest BCUT2D eigenvalue weighted by molar-refractivity contribution is -0.119. The zero-order chi connectivity index (χ0) is 10.7. The van der Waals surface area contributed by atoms with Gasteiger partial charge in [-0.3, -0.25) is 4.79 Å². The fraction of sp³-hybridized carbons (Fsp3) is 0.455. The van der Waals surface area contributed by atoms with Crippen molar-refractivity contribution in [3.63, 3.8) is 0 Å². The summed E-state index contributed by atoms with van der Waals surface area (Å²) in [6.07, 6.45) is 2.97. The van der Waals surface area contributed by atoms with Gasteiger partial charge in [-0.05, 0) is 12.1 Å². The topological polar surface area (TPSA) is 42.4 Å². The van der Waals surface area contributed by atoms with Gasteiger partial charge < -0.3 is 9.64 Å². The van der Waals surface area contributed by atoms with E-state index in [1.807, 2.05) is 12.1 Å². The van der Waals surface area contributed by atoms with Crippen LogP contribution in [0.5, 0.6) is 5.75 Å². The van der Waals surface area contributed by atoms with Crippen molar-refractivity contribution < 1.29 is 9.53 Å². The highest BCUT2D eigenvalue weighted by molar-refractivity contribution is 5.80. The molecule has 1 saturated heterocycles. The Morgan fingerprint density at radius 2 is 2.07 bits per heavy atom. The molecular formula is C11H14N2O2. The predicted molar refractivity (Wildman–Crippen MR) is 57.2 cm³/mol. The molecule has 1 fully saturated rings. The standard InChI is InChI=1S/C11H14N2O2/c1-15-10-2-3-11(12-8-10)13-6-4-9(14)5-7-13/h2-3,8H,4-7H2,1H3. The smallest absolute Gasteiger partial charge is 0.137 e. The number of hydrogen-bond acceptors (Lipinski definition) is 4. The Kier molecular flexibility index (Phi) is 2.85. The summed E-state index contributed by atoms with van der Waals surface area (Å²) < 4.78 is 5.04. The SMILES string of the molecule is COc1ccc(N2CCC(=O)CC2)nc1. The average molecular weight is 206 g/mol. The number of aromatic nitrogens is 1. The molecule has 1 aliphatic heterocycles. The minimum Gasteiger partial charge on any atom is -0.495 e. The second-order valence-electron chi connectivity index (χ2n) is 3.58. The number of rotatable bonds is 2. The van der Waals surface area contributed by atoms with E-state index in [1.165, 1.54) is 0 Å². The summed E-state index contributed by atoms with van der Waals surface area (Å²) in [6.45, 7) is 1.55. The maximum absolute atomic E-state index is 11.1. The van der Waals surface area contributed by atoms with Gasteiger partial charge in [0.25, 0.3) is 0 Å². The maximum Gasteiger partial charge on any atom is 0.137 e. The number of carbonyl (C=O) groups is 1. The van der Waals surface area contributed by atoms with E-state index in [4.69, 9.17) is 4.74 Å². The van der Waals surface area contributed by atoms with Crippen molar-refractivity contribution in [3.8, 4) is 5.75 Å². The van der Waals surface area contributed by atoms with Crippen molar-refractivity contribution in [1.82, 2.24) is 4.98 Å². The minimum absolute atomic E-state index is 0.347. The number of methoxy groups -OCH3 is 1. The van der Waals surface area contributed by atoms with Crippen molar-refractivity contribution in [1.29, 1.82) is 0 Å². The third-order valence-corrected chi connectivity index (χ3v) is 2.60. The van der Waals surface area contributed by atoms with Gasteiger partial charge >= 0.3 is 0 Å². The van der Waals surface area contributed by atoms with E-state index in [0.717, 1.165) is 24.7 Å². The lowest BCUT2D eigenvalue weighted by Crippen LogP contribution is -2.34. The Labute approximate surface area is 88.9 Å². The van der Waals surface area contributed by atoms with Gasteiger partial charge in [-0.1, -0.05) is 0 Å². The summed E-state index contributed by atoms with van der Waals surface area (Å²) in [7, 11) is 1.62. The quantitative estimate of drug-likeness (QED) is 0.730. The molecule has 0 bridgehead atoms. The molecule has 0 amide bonds. The van der Waals surface area contributed by atoms with Crippen molar-refractivity contribution in [2.24, 2.45) is 0 Å². The van der Waals surface area contributed by atoms with Gasteiger partial charge in [0.15, 0.2) is 0 Å². The van der Waals surface area contributed by atoms with Crippen LogP contribution in [-0.2, 0) is 4.79 Å². The second-order valence-corrected chi connectivity index (χ2v) is 3.58. The molecule has 0 radical (unpaired) electrons. The van der Waals surface area contributed by atoms with Crippen LogP contribution in [0.2, 0.25) is 0 Å². The first-order chi connectivity index (χ1) is 7.29. The molecule has 4 heteroatoms. The number of carbonyl (C=O) groups excluding carboxylic acids is 1. The molecule has 0 N–H and O–H groups in total. The summed E-state index contributed by atoms with van der Waals surface area (Å²) in [5.41, 5.74) is 0. The van der Waals surface area contributed by atoms with E-state index in [1.54, 1.807) is 13.3 Å². The van der Waals surface area contributed by atoms with Gasteiger partial charge in [-0.25, -0.2) is 4.98 Å². The summed E-state index contributed by atoms with van der Waals surface area (Å²) in [4.78, 5) is 17.5. The van der Waals surface area contributed by atoms with Crippen LogP contribution >= 0.6 is 0 Å². The summed E-state index contributed by atoms with van der Waals surface area (Å²) in [6, 6.07) is 3.81. The molecule has 1 aromatic heterocycles. The molecule has 0 spiro atoms. The van der Waals surface area contributed by atoms with Crippen LogP contribution in [0.25, 0.3) is 0 Å². The zero-order valence-corrected chi connectivity index (χ0v) is 8.77. The number of piperidine rings is 1. The number of ether oxygens (including phenoxy) is 1. The minimum atomic E-state index is 0.347. The lowest BCUT2D eigenvalue weighted by atomic mass is 10.1. The fourth-order valence-corrected chi connectivity index (χ4v) is 1.67. The third-order valence-electron chi connectivity index (χ3n) is 2.60. The van der Waals surface area contributed by atoms with Crippen LogP contribution in [0.1, 0.15) is 12.8 Å². The van der Waals surface area contributed by atoms with E-state index in [9.17, 15) is 4.79 Å². The van der Waals surface area contributed by atoms with Gasteiger partial charge in [0, 0.05) is 25.9 Å². The highest BCUT2D eigenvalue weighted by Gasteiger charge is 2.16. The fourth-order valence-electron chi connectivity index (χ4n) is 1.67. The molecule has 0 unspecified atom stereocenters. The molecule has 2 heterocycles. The molecule has 0 aromatic carbocycles.